The van der Waals surface area contributed by atoms with E-state index in [4.69, 9.17) is 10.0 Å². The molecule has 0 saturated heterocycles. The van der Waals surface area contributed by atoms with Crippen molar-refractivity contribution in [1.29, 1.82) is 0 Å². The molecule has 0 unspecified atom stereocenters. The van der Waals surface area contributed by atoms with Crippen LogP contribution in [0, 0.1) is 23.7 Å². The molecule has 0 bridgehead atoms. The molecule has 3 nitrogen and oxygen atoms in total. The van der Waals surface area contributed by atoms with Crippen LogP contribution >= 0.6 is 0 Å². The summed E-state index contributed by atoms with van der Waals surface area (Å²) in [7, 11) is -1.47. The molecule has 0 saturated carbocycles. The summed E-state index contributed by atoms with van der Waals surface area (Å²) >= 11 is 0. The first-order valence-electron chi connectivity index (χ1n) is 6.82. The molecule has 0 aliphatic rings. The standard InChI is InChI=1S/C17H14B2O3/c1-18(20)16-10-6-14(7-11-16)4-2-3-5-15-8-12-17(13-9-15)19(21)22/h6-13,20-22H,1H3. The molecule has 0 aliphatic heterocycles. The first-order chi connectivity index (χ1) is 10.6. The molecule has 2 rings (SSSR count). The van der Waals surface area contributed by atoms with E-state index in [9.17, 15) is 5.02 Å². The maximum atomic E-state index is 9.42. The Bertz CT molecular complexity index is 675. The number of hydrogen-bond donors (Lipinski definition) is 3. The lowest BCUT2D eigenvalue weighted by Gasteiger charge is -1.99. The van der Waals surface area contributed by atoms with Crippen LogP contribution in [0.25, 0.3) is 0 Å². The van der Waals surface area contributed by atoms with E-state index in [1.54, 1.807) is 31.1 Å². The van der Waals surface area contributed by atoms with Crippen LogP contribution in [0.3, 0.4) is 0 Å². The third-order valence-electron chi connectivity index (χ3n) is 3.08. The summed E-state index contributed by atoms with van der Waals surface area (Å²) in [4.78, 5) is 0. The second-order valence-electron chi connectivity index (χ2n) is 4.79. The van der Waals surface area contributed by atoms with Gasteiger partial charge in [-0.15, -0.1) is 0 Å². The summed E-state index contributed by atoms with van der Waals surface area (Å²) in [6, 6.07) is 14.0. The van der Waals surface area contributed by atoms with E-state index in [-0.39, 0.29) is 0 Å². The van der Waals surface area contributed by atoms with E-state index < -0.39 is 14.0 Å². The van der Waals surface area contributed by atoms with Crippen molar-refractivity contribution >= 4 is 25.0 Å². The normalized spacial score (nSPS) is 9.09. The minimum absolute atomic E-state index is 0.426. The van der Waals surface area contributed by atoms with Gasteiger partial charge in [-0.05, 0) is 47.0 Å². The van der Waals surface area contributed by atoms with Crippen LogP contribution in [0.5, 0.6) is 0 Å². The average Bonchev–Trinajstić information content (AvgIpc) is 2.52. The van der Waals surface area contributed by atoms with Crippen molar-refractivity contribution in [1.82, 2.24) is 0 Å². The Morgan fingerprint density at radius 3 is 1.45 bits per heavy atom. The molecule has 2 aromatic rings. The van der Waals surface area contributed by atoms with Crippen molar-refractivity contribution < 1.29 is 15.1 Å². The third kappa shape index (κ3) is 4.55. The smallest absolute Gasteiger partial charge is 0.447 e. The largest absolute Gasteiger partial charge is 0.488 e. The molecule has 0 spiro atoms. The number of rotatable bonds is 2. The molecule has 22 heavy (non-hydrogen) atoms. The molecule has 0 radical (unpaired) electrons. The highest BCUT2D eigenvalue weighted by Gasteiger charge is 2.08. The van der Waals surface area contributed by atoms with Crippen molar-refractivity contribution in [2.24, 2.45) is 0 Å². The summed E-state index contributed by atoms with van der Waals surface area (Å²) in [6.07, 6.45) is 0. The molecule has 106 valence electrons. The van der Waals surface area contributed by atoms with E-state index >= 15 is 0 Å². The Kier molecular flexibility index (Phi) is 5.47. The van der Waals surface area contributed by atoms with Gasteiger partial charge in [-0.25, -0.2) is 0 Å². The fourth-order valence-electron chi connectivity index (χ4n) is 1.79. The third-order valence-corrected chi connectivity index (χ3v) is 3.08. The lowest BCUT2D eigenvalue weighted by Crippen LogP contribution is -2.29. The topological polar surface area (TPSA) is 60.7 Å². The van der Waals surface area contributed by atoms with Crippen molar-refractivity contribution in [2.45, 2.75) is 6.82 Å². The molecule has 5 heteroatoms. The molecule has 2 aromatic carbocycles. The zero-order chi connectivity index (χ0) is 15.9. The highest BCUT2D eigenvalue weighted by Crippen LogP contribution is 1.96. The molecule has 0 atom stereocenters. The van der Waals surface area contributed by atoms with Gasteiger partial charge in [-0.3, -0.25) is 0 Å². The molecular formula is C17H14B2O3. The summed E-state index contributed by atoms with van der Waals surface area (Å²) in [5, 5.41) is 27.4. The minimum atomic E-state index is -1.47. The fourth-order valence-corrected chi connectivity index (χ4v) is 1.79. The Hall–Kier alpha value is -2.43. The second-order valence-corrected chi connectivity index (χ2v) is 4.79. The van der Waals surface area contributed by atoms with Gasteiger partial charge in [-0.1, -0.05) is 42.9 Å². The quantitative estimate of drug-likeness (QED) is 0.520. The lowest BCUT2D eigenvalue weighted by atomic mass is 9.64. The van der Waals surface area contributed by atoms with Crippen molar-refractivity contribution in [3.8, 4) is 23.7 Å². The summed E-state index contributed by atoms with van der Waals surface area (Å²) in [6.45, 7) is 1.23. The van der Waals surface area contributed by atoms with Crippen LogP contribution in [0.4, 0.5) is 0 Å². The molecular weight excluding hydrogens is 274 g/mol. The van der Waals surface area contributed by atoms with Gasteiger partial charge in [0.15, 0.2) is 0 Å². The van der Waals surface area contributed by atoms with Gasteiger partial charge in [0.25, 0.3) is 0 Å². The van der Waals surface area contributed by atoms with Crippen LogP contribution in [0.1, 0.15) is 11.1 Å². The second kappa shape index (κ2) is 7.54. The van der Waals surface area contributed by atoms with Crippen LogP contribution in [-0.2, 0) is 0 Å². The van der Waals surface area contributed by atoms with Gasteiger partial charge < -0.3 is 15.1 Å². The van der Waals surface area contributed by atoms with Crippen molar-refractivity contribution in [2.75, 3.05) is 0 Å². The Labute approximate surface area is 130 Å². The van der Waals surface area contributed by atoms with Gasteiger partial charge in [0.05, 0.1) is 0 Å². The SMILES string of the molecule is CB(O)c1ccc(C#CC#Cc2ccc(B(O)O)cc2)cc1. The van der Waals surface area contributed by atoms with E-state index in [0.717, 1.165) is 16.6 Å². The monoisotopic (exact) mass is 288 g/mol. The highest BCUT2D eigenvalue weighted by atomic mass is 16.4. The Morgan fingerprint density at radius 2 is 1.09 bits per heavy atom. The molecule has 0 aromatic heterocycles. The first-order valence-corrected chi connectivity index (χ1v) is 6.82. The summed E-state index contributed by atoms with van der Waals surface area (Å²) in [5.41, 5.74) is 2.86. The maximum Gasteiger partial charge on any atom is 0.488 e. The fraction of sp³-hybridized carbons (Fsp3) is 0.0588. The van der Waals surface area contributed by atoms with Crippen LogP contribution < -0.4 is 10.9 Å². The zero-order valence-electron chi connectivity index (χ0n) is 12.1. The van der Waals surface area contributed by atoms with Gasteiger partial charge in [0.2, 0.25) is 0 Å². The van der Waals surface area contributed by atoms with Gasteiger partial charge >= 0.3 is 14.0 Å². The van der Waals surface area contributed by atoms with Crippen LogP contribution in [0.2, 0.25) is 6.82 Å². The van der Waals surface area contributed by atoms with E-state index in [2.05, 4.69) is 23.7 Å². The summed E-state index contributed by atoms with van der Waals surface area (Å²) in [5.74, 6) is 11.3. The maximum absolute atomic E-state index is 9.42. The zero-order valence-corrected chi connectivity index (χ0v) is 12.1. The number of hydrogen-bond acceptors (Lipinski definition) is 3. The molecule has 0 aliphatic carbocycles. The molecule has 3 N–H and O–H groups in total. The first kappa shape index (κ1) is 15.9. The van der Waals surface area contributed by atoms with Crippen LogP contribution in [-0.4, -0.2) is 29.1 Å². The van der Waals surface area contributed by atoms with Gasteiger partial charge in [-0.2, -0.15) is 0 Å². The van der Waals surface area contributed by atoms with Crippen molar-refractivity contribution in [3.05, 3.63) is 59.7 Å². The highest BCUT2D eigenvalue weighted by molar-refractivity contribution is 6.64. The Balaban J connectivity index is 2.04. The lowest BCUT2D eigenvalue weighted by molar-refractivity contribution is 0.426. The van der Waals surface area contributed by atoms with Crippen LogP contribution in [0.15, 0.2) is 48.5 Å². The minimum Gasteiger partial charge on any atom is -0.447 e. The Morgan fingerprint density at radius 1 is 0.682 bits per heavy atom. The molecule has 0 amide bonds. The van der Waals surface area contributed by atoms with Gasteiger partial charge in [0.1, 0.15) is 0 Å². The van der Waals surface area contributed by atoms with Gasteiger partial charge in [0, 0.05) is 11.1 Å². The van der Waals surface area contributed by atoms with Crippen molar-refractivity contribution in [3.63, 3.8) is 0 Å². The predicted molar refractivity (Wildman–Crippen MR) is 89.9 cm³/mol. The average molecular weight is 288 g/mol. The predicted octanol–water partition coefficient (Wildman–Crippen LogP) is -0.410. The molecule has 0 heterocycles. The number of benzene rings is 2. The molecule has 0 fully saturated rings. The van der Waals surface area contributed by atoms with E-state index in [1.165, 1.54) is 0 Å². The van der Waals surface area contributed by atoms with E-state index in [0.29, 0.717) is 5.46 Å². The van der Waals surface area contributed by atoms with E-state index in [1.807, 2.05) is 24.3 Å². The summed E-state index contributed by atoms with van der Waals surface area (Å²) < 4.78 is 0.